The number of rotatable bonds is 5. The number of oxazole rings is 1. The van der Waals surface area contributed by atoms with Gasteiger partial charge < -0.3 is 23.7 Å². The lowest BCUT2D eigenvalue weighted by Crippen LogP contribution is -2.50. The highest BCUT2D eigenvalue weighted by Crippen LogP contribution is 2.26. The molecule has 1 amide bonds. The molecule has 0 atom stereocenters. The van der Waals surface area contributed by atoms with E-state index < -0.39 is 5.76 Å². The van der Waals surface area contributed by atoms with Gasteiger partial charge in [-0.3, -0.25) is 9.78 Å². The fourth-order valence-electron chi connectivity index (χ4n) is 3.32. The Kier molecular flexibility index (Phi) is 4.92. The Bertz CT molecular complexity index is 1030. The van der Waals surface area contributed by atoms with E-state index in [1.807, 2.05) is 24.3 Å². The SMILES string of the molecule is COc1ccccc1OCC(=O)N1CCN(c2ccc3oc(=O)[nH]c3c2)CC1. The van der Waals surface area contributed by atoms with Crippen LogP contribution in [0, 0.1) is 0 Å². The molecule has 0 bridgehead atoms. The maximum atomic E-state index is 12.5. The van der Waals surface area contributed by atoms with E-state index in [4.69, 9.17) is 13.9 Å². The van der Waals surface area contributed by atoms with Gasteiger partial charge in [0.1, 0.15) is 0 Å². The molecule has 0 unspecified atom stereocenters. The van der Waals surface area contributed by atoms with Gasteiger partial charge in [-0.25, -0.2) is 4.79 Å². The van der Waals surface area contributed by atoms with Gasteiger partial charge in [-0.05, 0) is 30.3 Å². The van der Waals surface area contributed by atoms with Gasteiger partial charge in [0.2, 0.25) is 0 Å². The monoisotopic (exact) mass is 383 g/mol. The molecular formula is C20H21N3O5. The number of piperazine rings is 1. The van der Waals surface area contributed by atoms with Crippen LogP contribution >= 0.6 is 0 Å². The molecule has 1 N–H and O–H groups in total. The van der Waals surface area contributed by atoms with Gasteiger partial charge in [-0.15, -0.1) is 0 Å². The topological polar surface area (TPSA) is 88.0 Å². The highest BCUT2D eigenvalue weighted by molar-refractivity contribution is 5.79. The number of hydrogen-bond acceptors (Lipinski definition) is 6. The molecule has 0 radical (unpaired) electrons. The number of aromatic nitrogens is 1. The molecule has 0 saturated carbocycles. The molecular weight excluding hydrogens is 362 g/mol. The number of carbonyl (C=O) groups is 1. The predicted molar refractivity (Wildman–Crippen MR) is 104 cm³/mol. The van der Waals surface area contributed by atoms with Crippen molar-refractivity contribution in [1.29, 1.82) is 0 Å². The Morgan fingerprint density at radius 1 is 1.11 bits per heavy atom. The molecule has 1 aliphatic rings. The summed E-state index contributed by atoms with van der Waals surface area (Å²) in [5.41, 5.74) is 2.20. The molecule has 0 spiro atoms. The lowest BCUT2D eigenvalue weighted by atomic mass is 10.2. The largest absolute Gasteiger partial charge is 0.493 e. The van der Waals surface area contributed by atoms with Crippen molar-refractivity contribution in [3.05, 3.63) is 53.0 Å². The third-order valence-corrected chi connectivity index (χ3v) is 4.82. The maximum absolute atomic E-state index is 12.5. The summed E-state index contributed by atoms with van der Waals surface area (Å²) in [5.74, 6) is 0.643. The summed E-state index contributed by atoms with van der Waals surface area (Å²) >= 11 is 0. The predicted octanol–water partition coefficient (Wildman–Crippen LogP) is 1.86. The Morgan fingerprint density at radius 3 is 2.61 bits per heavy atom. The summed E-state index contributed by atoms with van der Waals surface area (Å²) in [6.45, 7) is 2.59. The molecule has 146 valence electrons. The zero-order chi connectivity index (χ0) is 19.5. The number of nitrogens with one attached hydrogen (secondary N) is 1. The first kappa shape index (κ1) is 18.0. The highest BCUT2D eigenvalue weighted by Gasteiger charge is 2.22. The number of nitrogens with zero attached hydrogens (tertiary/aromatic N) is 2. The lowest BCUT2D eigenvalue weighted by Gasteiger charge is -2.36. The van der Waals surface area contributed by atoms with E-state index in [0.29, 0.717) is 48.8 Å². The number of amides is 1. The quantitative estimate of drug-likeness (QED) is 0.724. The number of para-hydroxylation sites is 2. The molecule has 8 nitrogen and oxygen atoms in total. The first-order valence-corrected chi connectivity index (χ1v) is 9.05. The van der Waals surface area contributed by atoms with Crippen molar-refractivity contribution in [3.63, 3.8) is 0 Å². The van der Waals surface area contributed by atoms with Gasteiger partial charge in [-0.1, -0.05) is 12.1 Å². The van der Waals surface area contributed by atoms with Crippen LogP contribution in [0.1, 0.15) is 0 Å². The average Bonchev–Trinajstić information content (AvgIpc) is 3.11. The van der Waals surface area contributed by atoms with Gasteiger partial charge in [0.15, 0.2) is 23.7 Å². The molecule has 2 aromatic carbocycles. The summed E-state index contributed by atoms with van der Waals surface area (Å²) < 4.78 is 15.9. The lowest BCUT2D eigenvalue weighted by molar-refractivity contribution is -0.133. The number of carbonyl (C=O) groups excluding carboxylic acids is 1. The fourth-order valence-corrected chi connectivity index (χ4v) is 3.32. The van der Waals surface area contributed by atoms with Gasteiger partial charge in [0.05, 0.1) is 12.6 Å². The molecule has 28 heavy (non-hydrogen) atoms. The number of H-pyrrole nitrogens is 1. The van der Waals surface area contributed by atoms with Crippen LogP contribution in [0.2, 0.25) is 0 Å². The molecule has 2 heterocycles. The Hall–Kier alpha value is -3.42. The number of ether oxygens (including phenoxy) is 2. The molecule has 1 aromatic heterocycles. The van der Waals surface area contributed by atoms with Crippen LogP contribution in [0.3, 0.4) is 0 Å². The van der Waals surface area contributed by atoms with E-state index in [1.54, 1.807) is 30.2 Å². The van der Waals surface area contributed by atoms with Crippen molar-refractivity contribution >= 4 is 22.7 Å². The third kappa shape index (κ3) is 3.66. The minimum atomic E-state index is -0.461. The third-order valence-electron chi connectivity index (χ3n) is 4.82. The van der Waals surface area contributed by atoms with Gasteiger partial charge in [-0.2, -0.15) is 0 Å². The number of hydrogen-bond donors (Lipinski definition) is 1. The summed E-state index contributed by atoms with van der Waals surface area (Å²) in [6, 6.07) is 12.8. The van der Waals surface area contributed by atoms with Crippen LogP contribution in [0.5, 0.6) is 11.5 Å². The van der Waals surface area contributed by atoms with Crippen molar-refractivity contribution < 1.29 is 18.7 Å². The van der Waals surface area contributed by atoms with Crippen molar-refractivity contribution in [1.82, 2.24) is 9.88 Å². The highest BCUT2D eigenvalue weighted by atomic mass is 16.5. The molecule has 3 aromatic rings. The van der Waals surface area contributed by atoms with E-state index in [2.05, 4.69) is 9.88 Å². The summed E-state index contributed by atoms with van der Waals surface area (Å²) in [7, 11) is 1.57. The Labute approximate surface area is 161 Å². The molecule has 8 heteroatoms. The van der Waals surface area contributed by atoms with Crippen LogP contribution in [0.15, 0.2) is 51.7 Å². The minimum Gasteiger partial charge on any atom is -0.493 e. The summed E-state index contributed by atoms with van der Waals surface area (Å²) in [6.07, 6.45) is 0. The van der Waals surface area contributed by atoms with Crippen molar-refractivity contribution in [2.24, 2.45) is 0 Å². The minimum absolute atomic E-state index is 0.0252. The normalized spacial score (nSPS) is 14.3. The van der Waals surface area contributed by atoms with Crippen molar-refractivity contribution in [3.8, 4) is 11.5 Å². The van der Waals surface area contributed by atoms with Crippen molar-refractivity contribution in [2.75, 3.05) is 44.8 Å². The number of methoxy groups -OCH3 is 1. The van der Waals surface area contributed by atoms with E-state index >= 15 is 0 Å². The maximum Gasteiger partial charge on any atom is 0.417 e. The smallest absolute Gasteiger partial charge is 0.417 e. The number of aromatic amines is 1. The second-order valence-corrected chi connectivity index (χ2v) is 6.50. The van der Waals surface area contributed by atoms with Gasteiger partial charge >= 0.3 is 5.76 Å². The van der Waals surface area contributed by atoms with E-state index in [1.165, 1.54) is 0 Å². The van der Waals surface area contributed by atoms with Crippen molar-refractivity contribution in [2.45, 2.75) is 0 Å². The van der Waals surface area contributed by atoms with E-state index in [-0.39, 0.29) is 12.5 Å². The van der Waals surface area contributed by atoms with E-state index in [9.17, 15) is 9.59 Å². The summed E-state index contributed by atoms with van der Waals surface area (Å²) in [5, 5.41) is 0. The van der Waals surface area contributed by atoms with Crippen LogP contribution in [0.4, 0.5) is 5.69 Å². The van der Waals surface area contributed by atoms with Gasteiger partial charge in [0, 0.05) is 31.9 Å². The second kappa shape index (κ2) is 7.67. The average molecular weight is 383 g/mol. The van der Waals surface area contributed by atoms with Crippen LogP contribution in [-0.4, -0.2) is 55.7 Å². The Balaban J connectivity index is 1.34. The number of anilines is 1. The molecule has 1 aliphatic heterocycles. The van der Waals surface area contributed by atoms with Gasteiger partial charge in [0.25, 0.3) is 5.91 Å². The molecule has 1 fully saturated rings. The van der Waals surface area contributed by atoms with E-state index in [0.717, 1.165) is 5.69 Å². The number of fused-ring (bicyclic) bond motifs is 1. The molecule has 4 rings (SSSR count). The first-order chi connectivity index (χ1) is 13.6. The first-order valence-electron chi connectivity index (χ1n) is 9.05. The van der Waals surface area contributed by atoms with Crippen LogP contribution in [0.25, 0.3) is 11.1 Å². The summed E-state index contributed by atoms with van der Waals surface area (Å²) in [4.78, 5) is 30.4. The Morgan fingerprint density at radius 2 is 1.86 bits per heavy atom. The fraction of sp³-hybridized carbons (Fsp3) is 0.300. The number of benzene rings is 2. The van der Waals surface area contributed by atoms with Crippen LogP contribution < -0.4 is 20.1 Å². The molecule has 0 aliphatic carbocycles. The second-order valence-electron chi connectivity index (χ2n) is 6.50. The van der Waals surface area contributed by atoms with Crippen LogP contribution in [-0.2, 0) is 4.79 Å². The zero-order valence-corrected chi connectivity index (χ0v) is 15.5. The molecule has 1 saturated heterocycles. The standard InChI is InChI=1S/C20H21N3O5/c1-26-17-4-2-3-5-18(17)27-13-19(24)23-10-8-22(9-11-23)14-6-7-16-15(12-14)21-20(25)28-16/h2-7,12H,8-11,13H2,1H3,(H,21,25). The zero-order valence-electron chi connectivity index (χ0n) is 15.5.